The Kier molecular flexibility index (Phi) is 21.3. The summed E-state index contributed by atoms with van der Waals surface area (Å²) in [6.45, 7) is 4.50. The Morgan fingerprint density at radius 2 is 1.50 bits per heavy atom. The van der Waals surface area contributed by atoms with Crippen LogP contribution in [0.1, 0.15) is 13.8 Å². The van der Waals surface area contributed by atoms with E-state index in [1.54, 1.807) is 0 Å². The van der Waals surface area contributed by atoms with Crippen molar-refractivity contribution < 1.29 is 0 Å². The molecule has 0 saturated carbocycles. The minimum Gasteiger partial charge on any atom is -0.373 e. The second-order valence-corrected chi connectivity index (χ2v) is 3.40. The molecule has 8 heavy (non-hydrogen) atoms. The Morgan fingerprint density at radius 3 is 1.50 bits per heavy atom. The van der Waals surface area contributed by atoms with E-state index < -0.39 is 0 Å². The summed E-state index contributed by atoms with van der Waals surface area (Å²) in [6.07, 6.45) is 0. The van der Waals surface area contributed by atoms with Crippen molar-refractivity contribution in [3.05, 3.63) is 16.0 Å². The summed E-state index contributed by atoms with van der Waals surface area (Å²) in [7, 11) is 0. The molecule has 3 nitrogen and oxygen atoms in total. The normalized spacial score (nSPS) is 5.25. The van der Waals surface area contributed by atoms with Gasteiger partial charge in [-0.05, 0) is 0 Å². The van der Waals surface area contributed by atoms with Gasteiger partial charge in [0.15, 0.2) is 0 Å². The average Bonchev–Trinajstić information content (AvgIpc) is 1.71. The molecule has 0 aromatic carbocycles. The van der Waals surface area contributed by atoms with Gasteiger partial charge in [0.25, 0.3) is 0 Å². The third-order valence-electron chi connectivity index (χ3n) is 0.577. The van der Waals surface area contributed by atoms with E-state index in [0.717, 1.165) is 15.2 Å². The number of hydrogen-bond donors (Lipinski definition) is 0. The van der Waals surface area contributed by atoms with Crippen molar-refractivity contribution in [2.75, 3.05) is 0 Å². The fourth-order valence-corrected chi connectivity index (χ4v) is 0.866. The Balaban J connectivity index is 0. The van der Waals surface area contributed by atoms with Crippen LogP contribution >= 0.6 is 0 Å². The van der Waals surface area contributed by atoms with Crippen LogP contribution < -0.4 is 0 Å². The van der Waals surface area contributed by atoms with Gasteiger partial charge in [-0.15, -0.1) is 0 Å². The quantitative estimate of drug-likeness (QED) is 0.237. The molecule has 0 bridgehead atoms. The van der Waals surface area contributed by atoms with E-state index in [-0.39, 0.29) is 0 Å². The number of rotatable bonds is 2. The Labute approximate surface area is 56.2 Å². The molecule has 0 heterocycles. The molecule has 0 spiro atoms. The van der Waals surface area contributed by atoms with E-state index in [2.05, 4.69) is 13.8 Å². The maximum absolute atomic E-state index is 6.75. The molecule has 0 aliphatic rings. The summed E-state index contributed by atoms with van der Waals surface area (Å²) in [6, 6.07) is 0. The van der Waals surface area contributed by atoms with Gasteiger partial charge >= 0.3 is 39.6 Å². The molecule has 0 saturated heterocycles. The maximum atomic E-state index is 6.75. The van der Waals surface area contributed by atoms with E-state index in [4.69, 9.17) is 11.1 Å². The topological polar surface area (TPSA) is 58.7 Å². The molecule has 0 atom stereocenters. The van der Waals surface area contributed by atoms with Gasteiger partial charge in [-0.3, -0.25) is 4.91 Å². The molecule has 0 unspecified atom stereocenters. The van der Waals surface area contributed by atoms with E-state index in [0.29, 0.717) is 0 Å². The first-order chi connectivity index (χ1) is 3.83. The molecule has 0 fully saturated rings. The molecule has 0 rings (SSSR count). The van der Waals surface area contributed by atoms with E-state index in [1.807, 2.05) is 0 Å². The third kappa shape index (κ3) is 40.4. The largest absolute Gasteiger partial charge is 0.373 e. The number of nitrogens with zero attached hydrogens (tertiary/aromatic N) is 3. The van der Waals surface area contributed by atoms with Crippen molar-refractivity contribution in [2.24, 2.45) is 0 Å². The monoisotopic (exact) mass is 127 g/mol. The van der Waals surface area contributed by atoms with Gasteiger partial charge in [-0.2, -0.15) is 0 Å². The van der Waals surface area contributed by atoms with Crippen LogP contribution in [0.5, 0.6) is 0 Å². The summed E-state index contributed by atoms with van der Waals surface area (Å²) in [5, 5.41) is 2.85. The van der Waals surface area contributed by atoms with Gasteiger partial charge in [0.1, 0.15) is 0 Å². The van der Waals surface area contributed by atoms with Gasteiger partial charge in [0.2, 0.25) is 0 Å². The molecule has 0 aliphatic heterocycles. The molecule has 0 aromatic heterocycles. The SMILES string of the molecule is C[CH2][Al+][CH2]C.[N-]=[N+]=[N-]. The Bertz CT molecular complexity index is 56.3. The van der Waals surface area contributed by atoms with Crippen LogP contribution in [-0.4, -0.2) is 15.2 Å². The summed E-state index contributed by atoms with van der Waals surface area (Å²) < 4.78 is 0. The fraction of sp³-hybridized carbons (Fsp3) is 1.00. The summed E-state index contributed by atoms with van der Waals surface area (Å²) in [4.78, 5) is 1.50. The fourth-order valence-electron chi connectivity index (χ4n) is 0.289. The van der Waals surface area contributed by atoms with Gasteiger partial charge < -0.3 is 11.1 Å². The van der Waals surface area contributed by atoms with Crippen molar-refractivity contribution in [1.82, 2.24) is 0 Å². The van der Waals surface area contributed by atoms with Crippen molar-refractivity contribution in [1.29, 1.82) is 0 Å². The summed E-state index contributed by atoms with van der Waals surface area (Å²) in [5.41, 5.74) is 13.5. The molecule has 4 heteroatoms. The van der Waals surface area contributed by atoms with Gasteiger partial charge in [-0.25, -0.2) is 0 Å². The second-order valence-electron chi connectivity index (χ2n) is 1.19. The first kappa shape index (κ1) is 10.8. The maximum Gasteiger partial charge on any atom is -0.255 e. The van der Waals surface area contributed by atoms with E-state index in [1.165, 1.54) is 15.5 Å². The van der Waals surface area contributed by atoms with Crippen molar-refractivity contribution >= 4 is 15.2 Å². The zero-order valence-corrected chi connectivity index (χ0v) is 6.49. The van der Waals surface area contributed by atoms with Crippen LogP contribution in [0, 0.1) is 0 Å². The van der Waals surface area contributed by atoms with Crippen LogP contribution in [-0.2, 0) is 0 Å². The molecular weight excluding hydrogens is 117 g/mol. The standard InChI is InChI=1S/2C2H5.Al.N3/c2*1-2;;1-3-2/h2*1H2,2H3;;/q;;+1;-1. The number of hydrogen-bond acceptors (Lipinski definition) is 0. The minimum atomic E-state index is 0.815. The van der Waals surface area contributed by atoms with Crippen LogP contribution in [0.15, 0.2) is 0 Å². The zero-order valence-electron chi connectivity index (χ0n) is 5.33. The predicted octanol–water partition coefficient (Wildman–Crippen LogP) is 2.43. The minimum absolute atomic E-state index is 0.815. The first-order valence-electron chi connectivity index (χ1n) is 2.63. The van der Waals surface area contributed by atoms with Crippen LogP contribution in [0.25, 0.3) is 16.0 Å². The van der Waals surface area contributed by atoms with Crippen molar-refractivity contribution in [3.8, 4) is 0 Å². The smallest absolute Gasteiger partial charge is 0.255 e. The molecule has 0 amide bonds. The Morgan fingerprint density at radius 1 is 1.25 bits per heavy atom. The molecule has 44 valence electrons. The third-order valence-corrected chi connectivity index (χ3v) is 1.73. The Hall–Kier alpha value is -0.158. The van der Waals surface area contributed by atoms with Crippen LogP contribution in [0.4, 0.5) is 0 Å². The van der Waals surface area contributed by atoms with Crippen molar-refractivity contribution in [3.63, 3.8) is 0 Å². The molecule has 0 radical (unpaired) electrons. The predicted molar refractivity (Wildman–Crippen MR) is 36.8 cm³/mol. The summed E-state index contributed by atoms with van der Waals surface area (Å²) in [5.74, 6) is 0. The molecule has 0 N–H and O–H groups in total. The molecular formula is C4H10AlN3. The van der Waals surface area contributed by atoms with Gasteiger partial charge in [0, 0.05) is 0 Å². The second kappa shape index (κ2) is 15.8. The zero-order chi connectivity index (χ0) is 6.83. The molecule has 0 aliphatic carbocycles. The van der Waals surface area contributed by atoms with Gasteiger partial charge in [-0.1, -0.05) is 0 Å². The van der Waals surface area contributed by atoms with Crippen molar-refractivity contribution in [2.45, 2.75) is 24.4 Å². The van der Waals surface area contributed by atoms with E-state index in [9.17, 15) is 0 Å². The first-order valence-corrected chi connectivity index (χ1v) is 4.26. The van der Waals surface area contributed by atoms with E-state index >= 15 is 0 Å². The average molecular weight is 127 g/mol. The molecule has 0 aromatic rings. The van der Waals surface area contributed by atoms with Crippen LogP contribution in [0.2, 0.25) is 10.6 Å². The summed E-state index contributed by atoms with van der Waals surface area (Å²) >= 11 is 0.815. The van der Waals surface area contributed by atoms with Gasteiger partial charge in [0.05, 0.1) is 0 Å². The van der Waals surface area contributed by atoms with Crippen LogP contribution in [0.3, 0.4) is 0 Å².